The van der Waals surface area contributed by atoms with Crippen LogP contribution in [0.4, 0.5) is 0 Å². The number of hydrogen-bond donors (Lipinski definition) is 4. The van der Waals surface area contributed by atoms with Crippen molar-refractivity contribution in [1.29, 1.82) is 0 Å². The summed E-state index contributed by atoms with van der Waals surface area (Å²) in [6.07, 6.45) is 0. The van der Waals surface area contributed by atoms with Crippen LogP contribution < -0.4 is 59.1 Å². The Labute approximate surface area is 176 Å². The minimum atomic E-state index is -1.23. The SMILES string of the molecule is O=C(O)CN(CCN(CC(=O)O)CC(=O)O)CC(=O)O.[H+].[H+].[H-].[H-].[Na+].[Na+]. The number of nitrogens with zero attached hydrogens (tertiary/aromatic N) is 2. The first-order valence-corrected chi connectivity index (χ1v) is 5.52. The van der Waals surface area contributed by atoms with Crippen molar-refractivity contribution in [3.05, 3.63) is 0 Å². The molecule has 0 saturated heterocycles. The van der Waals surface area contributed by atoms with Gasteiger partial charge in [0.05, 0.1) is 26.2 Å². The molecule has 0 aromatic heterocycles. The van der Waals surface area contributed by atoms with Crippen LogP contribution >= 0.6 is 0 Å². The van der Waals surface area contributed by atoms with Crippen LogP contribution in [-0.4, -0.2) is 93.4 Å². The predicted octanol–water partition coefficient (Wildman–Crippen LogP) is -7.61. The molecule has 0 saturated carbocycles. The third-order valence-corrected chi connectivity index (χ3v) is 2.17. The molecule has 118 valence electrons. The van der Waals surface area contributed by atoms with Crippen LogP contribution in [0.5, 0.6) is 0 Å². The van der Waals surface area contributed by atoms with Crippen LogP contribution in [0.1, 0.15) is 5.71 Å². The predicted molar refractivity (Wildman–Crippen MR) is 67.9 cm³/mol. The Morgan fingerprint density at radius 3 is 0.955 bits per heavy atom. The molecule has 4 N–H and O–H groups in total. The fourth-order valence-electron chi connectivity index (χ4n) is 1.48. The Hall–Kier alpha value is -0.200. The van der Waals surface area contributed by atoms with Crippen LogP contribution in [0, 0.1) is 0 Å². The molecule has 0 amide bonds. The molecule has 0 radical (unpaired) electrons. The van der Waals surface area contributed by atoms with Gasteiger partial charge < -0.3 is 23.3 Å². The minimum absolute atomic E-state index is 0. The van der Waals surface area contributed by atoms with E-state index in [0.717, 1.165) is 9.80 Å². The van der Waals surface area contributed by atoms with Gasteiger partial charge in [0.2, 0.25) is 0 Å². The monoisotopic (exact) mass is 342 g/mol. The Morgan fingerprint density at radius 2 is 0.818 bits per heavy atom. The Balaban J connectivity index is -0.000000120. The smallest absolute Gasteiger partial charge is 1.00 e. The number of aliphatic carboxylic acids is 4. The molecule has 22 heavy (non-hydrogen) atoms. The Bertz CT molecular complexity index is 341. The zero-order chi connectivity index (χ0) is 15.7. The number of hydrogen-bond acceptors (Lipinski definition) is 6. The van der Waals surface area contributed by atoms with Crippen molar-refractivity contribution in [3.63, 3.8) is 0 Å². The molecule has 0 atom stereocenters. The van der Waals surface area contributed by atoms with Crippen molar-refractivity contribution >= 4 is 23.9 Å². The van der Waals surface area contributed by atoms with Gasteiger partial charge in [-0.3, -0.25) is 29.0 Å². The van der Waals surface area contributed by atoms with E-state index in [0.29, 0.717) is 0 Å². The molecule has 0 fully saturated rings. The van der Waals surface area contributed by atoms with E-state index in [1.165, 1.54) is 0 Å². The van der Waals surface area contributed by atoms with Crippen LogP contribution in [0.25, 0.3) is 0 Å². The second-order valence-electron chi connectivity index (χ2n) is 4.00. The largest absolute Gasteiger partial charge is 1.00 e. The summed E-state index contributed by atoms with van der Waals surface area (Å²) >= 11 is 0. The standard InChI is InChI=1S/C10H16N2O8.2Na.2H/c13-7(14)3-11(4-8(15)16)1-2-12(5-9(17)18)6-10(19)20;;;;/h1-6H2,(H,13,14)(H,15,16)(H,17,18)(H,19,20);;;;/q;2*+1;2*-1/p+2. The zero-order valence-electron chi connectivity index (χ0n) is 16.6. The molecule has 0 aromatic carbocycles. The fraction of sp³-hybridized carbons (Fsp3) is 0.600. The van der Waals surface area contributed by atoms with Gasteiger partial charge in [0.15, 0.2) is 0 Å². The molecule has 0 aliphatic rings. The van der Waals surface area contributed by atoms with Crippen LogP contribution in [-0.2, 0) is 19.2 Å². The van der Waals surface area contributed by atoms with Gasteiger partial charge in [-0.25, -0.2) is 0 Å². The van der Waals surface area contributed by atoms with Gasteiger partial charge in [-0.15, -0.1) is 0 Å². The Kier molecular flexibility index (Phi) is 17.5. The Morgan fingerprint density at radius 1 is 0.636 bits per heavy atom. The van der Waals surface area contributed by atoms with E-state index in [1.807, 2.05) is 0 Å². The molecule has 12 heteroatoms. The summed E-state index contributed by atoms with van der Waals surface area (Å²) in [6.45, 7) is -2.25. The van der Waals surface area contributed by atoms with Crippen LogP contribution in [0.2, 0.25) is 0 Å². The van der Waals surface area contributed by atoms with Gasteiger partial charge in [0.25, 0.3) is 0 Å². The average Bonchev–Trinajstić information content (AvgIpc) is 2.22. The molecule has 0 bridgehead atoms. The van der Waals surface area contributed by atoms with Gasteiger partial charge in [0, 0.05) is 13.1 Å². The number of carboxylic acid groups (broad SMARTS) is 4. The van der Waals surface area contributed by atoms with Crippen LogP contribution in [0.3, 0.4) is 0 Å². The molecule has 10 nitrogen and oxygen atoms in total. The van der Waals surface area contributed by atoms with E-state index in [1.54, 1.807) is 0 Å². The summed E-state index contributed by atoms with van der Waals surface area (Å²) in [5.41, 5.74) is 0. The van der Waals surface area contributed by atoms with Crippen molar-refractivity contribution in [3.8, 4) is 0 Å². The van der Waals surface area contributed by atoms with E-state index in [-0.39, 0.29) is 77.9 Å². The maximum absolute atomic E-state index is 10.6. The summed E-state index contributed by atoms with van der Waals surface area (Å²) < 4.78 is 0. The summed E-state index contributed by atoms with van der Waals surface area (Å²) in [5, 5.41) is 34.5. The quantitative estimate of drug-likeness (QED) is 0.266. The molecule has 0 aliphatic carbocycles. The first-order chi connectivity index (χ1) is 9.20. The molecular formula is C10H20N2Na2O8+2. The van der Waals surface area contributed by atoms with Crippen molar-refractivity contribution < 1.29 is 104 Å². The zero-order valence-corrected chi connectivity index (χ0v) is 16.6. The van der Waals surface area contributed by atoms with Gasteiger partial charge in [0.1, 0.15) is 0 Å². The minimum Gasteiger partial charge on any atom is -1.00 e. The van der Waals surface area contributed by atoms with Crippen LogP contribution in [0.15, 0.2) is 0 Å². The van der Waals surface area contributed by atoms with E-state index < -0.39 is 50.1 Å². The van der Waals surface area contributed by atoms with Crippen molar-refractivity contribution in [2.75, 3.05) is 39.3 Å². The molecule has 0 spiro atoms. The van der Waals surface area contributed by atoms with Gasteiger partial charge >= 0.3 is 85.8 Å². The van der Waals surface area contributed by atoms with Gasteiger partial charge in [-0.1, -0.05) is 0 Å². The normalized spacial score (nSPS) is 9.73. The van der Waals surface area contributed by atoms with Crippen molar-refractivity contribution in [1.82, 2.24) is 9.80 Å². The first kappa shape index (κ1) is 26.7. The second kappa shape index (κ2) is 14.4. The van der Waals surface area contributed by atoms with E-state index in [2.05, 4.69) is 0 Å². The molecule has 0 aliphatic heterocycles. The molecule has 0 unspecified atom stereocenters. The third-order valence-electron chi connectivity index (χ3n) is 2.17. The second-order valence-corrected chi connectivity index (χ2v) is 4.00. The van der Waals surface area contributed by atoms with E-state index in [9.17, 15) is 19.2 Å². The van der Waals surface area contributed by atoms with Crippen molar-refractivity contribution in [2.45, 2.75) is 0 Å². The fourth-order valence-corrected chi connectivity index (χ4v) is 1.48. The summed E-state index contributed by atoms with van der Waals surface area (Å²) in [5.74, 6) is -4.91. The number of rotatable bonds is 11. The third kappa shape index (κ3) is 16.2. The van der Waals surface area contributed by atoms with Crippen molar-refractivity contribution in [2.24, 2.45) is 0 Å². The maximum Gasteiger partial charge on any atom is 1.00 e. The molecule has 0 rings (SSSR count). The summed E-state index contributed by atoms with van der Waals surface area (Å²) in [4.78, 5) is 44.4. The average molecular weight is 342 g/mol. The summed E-state index contributed by atoms with van der Waals surface area (Å²) in [7, 11) is 0. The number of carboxylic acids is 4. The topological polar surface area (TPSA) is 156 Å². The number of carbonyl (C=O) groups is 4. The molecule has 0 heterocycles. The first-order valence-electron chi connectivity index (χ1n) is 5.52. The molecule has 0 aromatic rings. The molecular weight excluding hydrogens is 322 g/mol. The maximum atomic E-state index is 10.6. The van der Waals surface area contributed by atoms with E-state index in [4.69, 9.17) is 20.4 Å². The summed E-state index contributed by atoms with van der Waals surface area (Å²) in [6, 6.07) is 0. The van der Waals surface area contributed by atoms with Gasteiger partial charge in [-0.05, 0) is 0 Å². The van der Waals surface area contributed by atoms with Gasteiger partial charge in [-0.2, -0.15) is 0 Å². The van der Waals surface area contributed by atoms with E-state index >= 15 is 0 Å².